The maximum absolute atomic E-state index is 12.2. The van der Waals surface area contributed by atoms with Gasteiger partial charge in [0.25, 0.3) is 0 Å². The number of nitrogens with zero attached hydrogens (tertiary/aromatic N) is 3. The van der Waals surface area contributed by atoms with Crippen molar-refractivity contribution in [3.63, 3.8) is 0 Å². The highest BCUT2D eigenvalue weighted by atomic mass is 32.2. The largest absolute Gasteiger partial charge is 0.372 e. The summed E-state index contributed by atoms with van der Waals surface area (Å²) in [4.78, 5) is 6.83. The minimum absolute atomic E-state index is 0.0594. The molecule has 3 aromatic rings. The van der Waals surface area contributed by atoms with E-state index in [0.717, 1.165) is 18.7 Å². The summed E-state index contributed by atoms with van der Waals surface area (Å²) < 4.78 is 32.1. The quantitative estimate of drug-likeness (QED) is 0.703. The first-order valence-corrected chi connectivity index (χ1v) is 10.3. The Bertz CT molecular complexity index is 995. The summed E-state index contributed by atoms with van der Waals surface area (Å²) in [5.41, 5.74) is 2.02. The summed E-state index contributed by atoms with van der Waals surface area (Å²) in [5, 5.41) is 3.95. The summed E-state index contributed by atoms with van der Waals surface area (Å²) in [6.45, 7) is 2.12. The lowest BCUT2D eigenvalue weighted by molar-refractivity contribution is 0.376. The second-order valence-electron chi connectivity index (χ2n) is 6.39. The third-order valence-corrected chi connectivity index (χ3v) is 5.95. The van der Waals surface area contributed by atoms with Gasteiger partial charge < -0.3 is 9.42 Å². The zero-order chi connectivity index (χ0) is 18.7. The van der Waals surface area contributed by atoms with E-state index in [4.69, 9.17) is 4.52 Å². The van der Waals surface area contributed by atoms with Gasteiger partial charge in [0.15, 0.2) is 0 Å². The highest BCUT2D eigenvalue weighted by molar-refractivity contribution is 7.89. The van der Waals surface area contributed by atoms with Crippen LogP contribution in [0.4, 0.5) is 5.69 Å². The predicted molar refractivity (Wildman–Crippen MR) is 102 cm³/mol. The number of hydrogen-bond donors (Lipinski definition) is 1. The van der Waals surface area contributed by atoms with Crippen LogP contribution in [0.15, 0.2) is 64.0 Å². The maximum Gasteiger partial charge on any atom is 0.242 e. The third kappa shape index (κ3) is 4.01. The fourth-order valence-corrected chi connectivity index (χ4v) is 4.08. The molecular weight excluding hydrogens is 364 g/mol. The highest BCUT2D eigenvalue weighted by Gasteiger charge is 2.16. The van der Waals surface area contributed by atoms with E-state index in [0.29, 0.717) is 5.82 Å². The first-order valence-electron chi connectivity index (χ1n) is 8.84. The summed E-state index contributed by atoms with van der Waals surface area (Å²) in [5.74, 6) is 0.657. The molecule has 7 nitrogen and oxygen atoms in total. The lowest BCUT2D eigenvalue weighted by Crippen LogP contribution is -2.23. The van der Waals surface area contributed by atoms with Gasteiger partial charge in [-0.05, 0) is 49.2 Å². The lowest BCUT2D eigenvalue weighted by atomic mass is 10.2. The number of benzene rings is 2. The van der Waals surface area contributed by atoms with Gasteiger partial charge in [-0.15, -0.1) is 0 Å². The summed E-state index contributed by atoms with van der Waals surface area (Å²) in [7, 11) is -3.61. The minimum Gasteiger partial charge on any atom is -0.372 e. The molecule has 0 atom stereocenters. The number of sulfonamides is 1. The molecule has 1 aliphatic rings. The smallest absolute Gasteiger partial charge is 0.242 e. The van der Waals surface area contributed by atoms with Gasteiger partial charge in [-0.1, -0.05) is 23.4 Å². The van der Waals surface area contributed by atoms with E-state index < -0.39 is 10.0 Å². The molecule has 1 fully saturated rings. The molecule has 0 bridgehead atoms. The van der Waals surface area contributed by atoms with Crippen molar-refractivity contribution in [1.82, 2.24) is 14.9 Å². The Balaban J connectivity index is 1.42. The Hall–Kier alpha value is -2.71. The standard InChI is InChI=1S/C19H20N4O3S/c24-27(25,17-6-2-1-3-7-17)20-14-18-21-19(22-26-18)15-8-10-16(11-9-15)23-12-4-5-13-23/h1-3,6-11,20H,4-5,12-14H2. The highest BCUT2D eigenvalue weighted by Crippen LogP contribution is 2.24. The zero-order valence-electron chi connectivity index (χ0n) is 14.7. The Morgan fingerprint density at radius 1 is 1.00 bits per heavy atom. The third-order valence-electron chi connectivity index (χ3n) is 4.53. The van der Waals surface area contributed by atoms with E-state index in [9.17, 15) is 8.42 Å². The van der Waals surface area contributed by atoms with Crippen LogP contribution >= 0.6 is 0 Å². The molecule has 0 radical (unpaired) electrons. The number of rotatable bonds is 6. The van der Waals surface area contributed by atoms with Gasteiger partial charge in [0, 0.05) is 24.3 Å². The van der Waals surface area contributed by atoms with Crippen molar-refractivity contribution in [3.8, 4) is 11.4 Å². The number of aromatic nitrogens is 2. The number of nitrogens with one attached hydrogen (secondary N) is 1. The van der Waals surface area contributed by atoms with E-state index in [1.165, 1.54) is 30.7 Å². The van der Waals surface area contributed by atoms with Crippen LogP contribution in [0.2, 0.25) is 0 Å². The summed E-state index contributed by atoms with van der Waals surface area (Å²) in [6, 6.07) is 16.2. The Kier molecular flexibility index (Phi) is 4.91. The molecule has 1 aliphatic heterocycles. The van der Waals surface area contributed by atoms with Gasteiger partial charge in [-0.2, -0.15) is 4.98 Å². The van der Waals surface area contributed by atoms with Gasteiger partial charge in [-0.25, -0.2) is 13.1 Å². The fourth-order valence-electron chi connectivity index (χ4n) is 3.08. The van der Waals surface area contributed by atoms with Crippen LogP contribution in [0, 0.1) is 0 Å². The van der Waals surface area contributed by atoms with Gasteiger partial charge >= 0.3 is 0 Å². The van der Waals surface area contributed by atoms with Crippen LogP contribution in [0.5, 0.6) is 0 Å². The van der Waals surface area contributed by atoms with Crippen LogP contribution in [0.25, 0.3) is 11.4 Å². The average molecular weight is 384 g/mol. The van der Waals surface area contributed by atoms with Crippen molar-refractivity contribution in [3.05, 3.63) is 60.5 Å². The predicted octanol–water partition coefficient (Wildman–Crippen LogP) is 2.82. The number of anilines is 1. The molecule has 1 N–H and O–H groups in total. The van der Waals surface area contributed by atoms with Crippen molar-refractivity contribution in [2.45, 2.75) is 24.3 Å². The normalized spacial score (nSPS) is 14.6. The van der Waals surface area contributed by atoms with Crippen molar-refractivity contribution in [2.75, 3.05) is 18.0 Å². The van der Waals surface area contributed by atoms with Crippen molar-refractivity contribution in [2.24, 2.45) is 0 Å². The average Bonchev–Trinajstić information content (AvgIpc) is 3.40. The minimum atomic E-state index is -3.61. The summed E-state index contributed by atoms with van der Waals surface area (Å²) >= 11 is 0. The van der Waals surface area contributed by atoms with Gasteiger partial charge in [0.1, 0.15) is 0 Å². The van der Waals surface area contributed by atoms with Gasteiger partial charge in [0.05, 0.1) is 11.4 Å². The van der Waals surface area contributed by atoms with E-state index >= 15 is 0 Å². The first-order chi connectivity index (χ1) is 13.1. The molecule has 2 aromatic carbocycles. The van der Waals surface area contributed by atoms with Gasteiger partial charge in [-0.3, -0.25) is 0 Å². The lowest BCUT2D eigenvalue weighted by Gasteiger charge is -2.17. The monoisotopic (exact) mass is 384 g/mol. The molecule has 0 aliphatic carbocycles. The molecule has 0 amide bonds. The topological polar surface area (TPSA) is 88.3 Å². The van der Waals surface area contributed by atoms with Crippen LogP contribution < -0.4 is 9.62 Å². The molecule has 0 saturated carbocycles. The van der Waals surface area contributed by atoms with E-state index in [2.05, 4.69) is 31.9 Å². The molecule has 4 rings (SSSR count). The maximum atomic E-state index is 12.2. The molecular formula is C19H20N4O3S. The Morgan fingerprint density at radius 3 is 2.41 bits per heavy atom. The molecule has 0 spiro atoms. The molecule has 1 aromatic heterocycles. The van der Waals surface area contributed by atoms with Crippen molar-refractivity contribution in [1.29, 1.82) is 0 Å². The second kappa shape index (κ2) is 7.50. The first kappa shape index (κ1) is 17.7. The van der Waals surface area contributed by atoms with Crippen molar-refractivity contribution >= 4 is 15.7 Å². The van der Waals surface area contributed by atoms with Crippen molar-refractivity contribution < 1.29 is 12.9 Å². The van der Waals surface area contributed by atoms with Crippen LogP contribution in [-0.2, 0) is 16.6 Å². The number of hydrogen-bond acceptors (Lipinski definition) is 6. The fraction of sp³-hybridized carbons (Fsp3) is 0.263. The molecule has 27 heavy (non-hydrogen) atoms. The van der Waals surface area contributed by atoms with E-state index in [1.807, 2.05) is 12.1 Å². The molecule has 140 valence electrons. The molecule has 8 heteroatoms. The molecule has 2 heterocycles. The molecule has 0 unspecified atom stereocenters. The summed E-state index contributed by atoms with van der Waals surface area (Å²) in [6.07, 6.45) is 2.46. The zero-order valence-corrected chi connectivity index (χ0v) is 15.5. The SMILES string of the molecule is O=S(=O)(NCc1nc(-c2ccc(N3CCCC3)cc2)no1)c1ccccc1. The van der Waals surface area contributed by atoms with E-state index in [-0.39, 0.29) is 17.3 Å². The van der Waals surface area contributed by atoms with Crippen LogP contribution in [0.3, 0.4) is 0 Å². The molecule has 1 saturated heterocycles. The van der Waals surface area contributed by atoms with Crippen LogP contribution in [0.1, 0.15) is 18.7 Å². The van der Waals surface area contributed by atoms with Gasteiger partial charge in [0.2, 0.25) is 21.7 Å². The van der Waals surface area contributed by atoms with E-state index in [1.54, 1.807) is 18.2 Å². The second-order valence-corrected chi connectivity index (χ2v) is 8.16. The Morgan fingerprint density at radius 2 is 1.70 bits per heavy atom. The Labute approximate surface area is 158 Å². The van der Waals surface area contributed by atoms with Crippen LogP contribution in [-0.4, -0.2) is 31.6 Å².